The summed E-state index contributed by atoms with van der Waals surface area (Å²) in [5.74, 6) is -0.789. The van der Waals surface area contributed by atoms with E-state index < -0.39 is 5.97 Å². The minimum absolute atomic E-state index is 0.00518. The van der Waals surface area contributed by atoms with Crippen molar-refractivity contribution in [2.75, 3.05) is 38.5 Å². The SMILES string of the molecule is CCc1cccc(NC(=O)CN2CCCC(N(C)CC(=O)O)CC2)c1. The number of aliphatic carboxylic acids is 1. The lowest BCUT2D eigenvalue weighted by molar-refractivity contribution is -0.138. The topological polar surface area (TPSA) is 72.9 Å². The Morgan fingerprint density at radius 2 is 2.12 bits per heavy atom. The van der Waals surface area contributed by atoms with Gasteiger partial charge in [0.1, 0.15) is 0 Å². The number of likely N-dealkylation sites (tertiary alicyclic amines) is 1. The maximum absolute atomic E-state index is 12.3. The summed E-state index contributed by atoms with van der Waals surface area (Å²) in [6, 6.07) is 8.21. The first kappa shape index (κ1) is 19.4. The lowest BCUT2D eigenvalue weighted by atomic mass is 10.1. The van der Waals surface area contributed by atoms with Gasteiger partial charge >= 0.3 is 5.97 Å². The number of hydrogen-bond acceptors (Lipinski definition) is 4. The maximum Gasteiger partial charge on any atom is 0.317 e. The molecule has 0 spiro atoms. The molecule has 1 aromatic rings. The number of anilines is 1. The Labute approximate surface area is 149 Å². The lowest BCUT2D eigenvalue weighted by Crippen LogP contribution is -2.37. The highest BCUT2D eigenvalue weighted by Gasteiger charge is 2.22. The van der Waals surface area contributed by atoms with Crippen molar-refractivity contribution in [2.24, 2.45) is 0 Å². The molecule has 6 heteroatoms. The number of carbonyl (C=O) groups is 2. The summed E-state index contributed by atoms with van der Waals surface area (Å²) < 4.78 is 0. The summed E-state index contributed by atoms with van der Waals surface area (Å²) in [6.07, 6.45) is 3.79. The average molecular weight is 347 g/mol. The van der Waals surface area contributed by atoms with Gasteiger partial charge in [0.15, 0.2) is 0 Å². The number of rotatable bonds is 7. The van der Waals surface area contributed by atoms with Crippen LogP contribution in [-0.2, 0) is 16.0 Å². The Hall–Kier alpha value is -1.92. The zero-order valence-corrected chi connectivity index (χ0v) is 15.2. The van der Waals surface area contributed by atoms with E-state index in [4.69, 9.17) is 5.11 Å². The molecule has 0 aliphatic carbocycles. The molecule has 1 aromatic carbocycles. The van der Waals surface area contributed by atoms with Crippen LogP contribution >= 0.6 is 0 Å². The summed E-state index contributed by atoms with van der Waals surface area (Å²) in [5.41, 5.74) is 2.05. The van der Waals surface area contributed by atoms with Gasteiger partial charge in [-0.25, -0.2) is 0 Å². The predicted octanol–water partition coefficient (Wildman–Crippen LogP) is 2.06. The van der Waals surface area contributed by atoms with Crippen molar-refractivity contribution in [2.45, 2.75) is 38.6 Å². The Morgan fingerprint density at radius 1 is 1.32 bits per heavy atom. The molecule has 1 unspecified atom stereocenters. The van der Waals surface area contributed by atoms with Gasteiger partial charge in [-0.2, -0.15) is 0 Å². The number of carboxylic acids is 1. The predicted molar refractivity (Wildman–Crippen MR) is 98.8 cm³/mol. The van der Waals surface area contributed by atoms with Gasteiger partial charge < -0.3 is 10.4 Å². The van der Waals surface area contributed by atoms with Gasteiger partial charge in [-0.3, -0.25) is 19.4 Å². The summed E-state index contributed by atoms with van der Waals surface area (Å²) >= 11 is 0. The van der Waals surface area contributed by atoms with E-state index in [0.717, 1.165) is 44.5 Å². The number of likely N-dealkylation sites (N-methyl/N-ethyl adjacent to an activating group) is 1. The highest BCUT2D eigenvalue weighted by Crippen LogP contribution is 2.16. The highest BCUT2D eigenvalue weighted by atomic mass is 16.4. The number of nitrogens with zero attached hydrogens (tertiary/aromatic N) is 2. The van der Waals surface area contributed by atoms with E-state index in [-0.39, 0.29) is 18.5 Å². The van der Waals surface area contributed by atoms with Crippen LogP contribution in [0.4, 0.5) is 5.69 Å². The molecular formula is C19H29N3O3. The van der Waals surface area contributed by atoms with Crippen molar-refractivity contribution in [3.63, 3.8) is 0 Å². The van der Waals surface area contributed by atoms with Crippen LogP contribution in [0.1, 0.15) is 31.7 Å². The smallest absolute Gasteiger partial charge is 0.317 e. The van der Waals surface area contributed by atoms with Gasteiger partial charge in [0, 0.05) is 18.3 Å². The third-order valence-corrected chi connectivity index (χ3v) is 4.78. The van der Waals surface area contributed by atoms with Crippen LogP contribution < -0.4 is 5.32 Å². The standard InChI is InChI=1S/C19H29N3O3/c1-3-15-6-4-7-16(12-15)20-18(23)13-22-10-5-8-17(9-11-22)21(2)14-19(24)25/h4,6-7,12,17H,3,5,8-11,13-14H2,1-2H3,(H,20,23)(H,24,25). The van der Waals surface area contributed by atoms with Crippen LogP contribution in [0.15, 0.2) is 24.3 Å². The van der Waals surface area contributed by atoms with Gasteiger partial charge in [0.05, 0.1) is 13.1 Å². The number of carboxylic acid groups (broad SMARTS) is 1. The first-order valence-corrected chi connectivity index (χ1v) is 9.01. The molecule has 2 rings (SSSR count). The van der Waals surface area contributed by atoms with Crippen molar-refractivity contribution < 1.29 is 14.7 Å². The fraction of sp³-hybridized carbons (Fsp3) is 0.579. The van der Waals surface area contributed by atoms with E-state index in [0.29, 0.717) is 6.54 Å². The molecular weight excluding hydrogens is 318 g/mol. The van der Waals surface area contributed by atoms with Crippen molar-refractivity contribution in [3.05, 3.63) is 29.8 Å². The van der Waals surface area contributed by atoms with Crippen molar-refractivity contribution >= 4 is 17.6 Å². The minimum atomic E-state index is -0.794. The molecule has 1 atom stereocenters. The Kier molecular flexibility index (Phi) is 7.40. The van der Waals surface area contributed by atoms with Crippen molar-refractivity contribution in [3.8, 4) is 0 Å². The molecule has 1 aliphatic rings. The molecule has 0 aromatic heterocycles. The van der Waals surface area contributed by atoms with E-state index in [2.05, 4.69) is 23.2 Å². The fourth-order valence-corrected chi connectivity index (χ4v) is 3.35. The Bertz CT molecular complexity index is 591. The molecule has 1 fully saturated rings. The second-order valence-corrected chi connectivity index (χ2v) is 6.77. The van der Waals surface area contributed by atoms with Gasteiger partial charge in [0.2, 0.25) is 5.91 Å². The molecule has 25 heavy (non-hydrogen) atoms. The molecule has 1 heterocycles. The van der Waals surface area contributed by atoms with Gasteiger partial charge in [-0.05, 0) is 57.0 Å². The van der Waals surface area contributed by atoms with E-state index in [1.54, 1.807) is 0 Å². The van der Waals surface area contributed by atoms with Crippen LogP contribution in [-0.4, -0.2) is 66.1 Å². The van der Waals surface area contributed by atoms with Crippen LogP contribution in [0, 0.1) is 0 Å². The molecule has 0 radical (unpaired) electrons. The van der Waals surface area contributed by atoms with E-state index >= 15 is 0 Å². The number of carbonyl (C=O) groups excluding carboxylic acids is 1. The zero-order chi connectivity index (χ0) is 18.2. The number of nitrogens with one attached hydrogen (secondary N) is 1. The second-order valence-electron chi connectivity index (χ2n) is 6.77. The highest BCUT2D eigenvalue weighted by molar-refractivity contribution is 5.92. The average Bonchev–Trinajstić information content (AvgIpc) is 2.80. The van der Waals surface area contributed by atoms with Gasteiger partial charge in [-0.1, -0.05) is 19.1 Å². The van der Waals surface area contributed by atoms with Crippen LogP contribution in [0.2, 0.25) is 0 Å². The molecule has 0 bridgehead atoms. The Morgan fingerprint density at radius 3 is 2.84 bits per heavy atom. The third kappa shape index (κ3) is 6.48. The number of amides is 1. The normalized spacial score (nSPS) is 18.8. The summed E-state index contributed by atoms with van der Waals surface area (Å²) in [4.78, 5) is 27.2. The third-order valence-electron chi connectivity index (χ3n) is 4.78. The quantitative estimate of drug-likeness (QED) is 0.790. The van der Waals surface area contributed by atoms with Crippen molar-refractivity contribution in [1.29, 1.82) is 0 Å². The summed E-state index contributed by atoms with van der Waals surface area (Å²) in [7, 11) is 1.86. The Balaban J connectivity index is 1.82. The maximum atomic E-state index is 12.3. The fourth-order valence-electron chi connectivity index (χ4n) is 3.35. The van der Waals surface area contributed by atoms with E-state index in [1.807, 2.05) is 30.1 Å². The zero-order valence-electron chi connectivity index (χ0n) is 15.2. The summed E-state index contributed by atoms with van der Waals surface area (Å²) in [6.45, 7) is 4.23. The van der Waals surface area contributed by atoms with Gasteiger partial charge in [0.25, 0.3) is 0 Å². The van der Waals surface area contributed by atoms with E-state index in [9.17, 15) is 9.59 Å². The molecule has 0 saturated carbocycles. The van der Waals surface area contributed by atoms with Crippen LogP contribution in [0.3, 0.4) is 0 Å². The number of aryl methyl sites for hydroxylation is 1. The monoisotopic (exact) mass is 347 g/mol. The first-order valence-electron chi connectivity index (χ1n) is 9.01. The molecule has 2 N–H and O–H groups in total. The van der Waals surface area contributed by atoms with Crippen LogP contribution in [0.25, 0.3) is 0 Å². The number of benzene rings is 1. The molecule has 1 saturated heterocycles. The first-order chi connectivity index (χ1) is 12.0. The molecule has 1 aliphatic heterocycles. The summed E-state index contributed by atoms with van der Waals surface area (Å²) in [5, 5.41) is 11.9. The van der Waals surface area contributed by atoms with Crippen LogP contribution in [0.5, 0.6) is 0 Å². The van der Waals surface area contributed by atoms with Crippen molar-refractivity contribution in [1.82, 2.24) is 9.80 Å². The second kappa shape index (κ2) is 9.53. The molecule has 1 amide bonds. The lowest BCUT2D eigenvalue weighted by Gasteiger charge is -2.25. The molecule has 138 valence electrons. The van der Waals surface area contributed by atoms with E-state index in [1.165, 1.54) is 5.56 Å². The number of hydrogen-bond donors (Lipinski definition) is 2. The molecule has 6 nitrogen and oxygen atoms in total. The largest absolute Gasteiger partial charge is 0.480 e. The minimum Gasteiger partial charge on any atom is -0.480 e. The van der Waals surface area contributed by atoms with Gasteiger partial charge in [-0.15, -0.1) is 0 Å².